The van der Waals surface area contributed by atoms with Crippen molar-refractivity contribution in [2.45, 2.75) is 53.9 Å². The monoisotopic (exact) mass is 199 g/mol. The van der Waals surface area contributed by atoms with Gasteiger partial charge in [-0.15, -0.1) is 0 Å². The van der Waals surface area contributed by atoms with Crippen LogP contribution in [-0.2, 0) is 0 Å². The molecule has 0 aliphatic rings. The highest BCUT2D eigenvalue weighted by atomic mass is 16.3. The van der Waals surface area contributed by atoms with E-state index in [2.05, 4.69) is 39.8 Å². The van der Waals surface area contributed by atoms with Gasteiger partial charge < -0.3 is 0 Å². The predicted molar refractivity (Wildman–Crippen MR) is 62.3 cm³/mol. The summed E-state index contributed by atoms with van der Waals surface area (Å²) < 4.78 is 0. The van der Waals surface area contributed by atoms with E-state index < -0.39 is 0 Å². The number of nitrogens with zero attached hydrogens (tertiary/aromatic N) is 1. The molecule has 1 atom stereocenters. The summed E-state index contributed by atoms with van der Waals surface area (Å²) in [6, 6.07) is 0. The summed E-state index contributed by atoms with van der Waals surface area (Å²) in [6.07, 6.45) is 3.37. The van der Waals surface area contributed by atoms with Crippen LogP contribution in [0.15, 0.2) is 5.18 Å². The lowest BCUT2D eigenvalue weighted by atomic mass is 9.69. The van der Waals surface area contributed by atoms with Gasteiger partial charge in [0, 0.05) is 0 Å². The third-order valence-electron chi connectivity index (χ3n) is 3.84. The highest BCUT2D eigenvalue weighted by Gasteiger charge is 2.30. The van der Waals surface area contributed by atoms with Crippen molar-refractivity contribution in [1.29, 1.82) is 0 Å². The Balaban J connectivity index is 4.29. The second-order valence-corrected chi connectivity index (χ2v) is 4.96. The van der Waals surface area contributed by atoms with Gasteiger partial charge in [0.1, 0.15) is 0 Å². The Morgan fingerprint density at radius 2 is 1.71 bits per heavy atom. The molecule has 0 aromatic carbocycles. The molecule has 0 amide bonds. The van der Waals surface area contributed by atoms with Gasteiger partial charge in [0.2, 0.25) is 0 Å². The van der Waals surface area contributed by atoms with Crippen LogP contribution in [-0.4, -0.2) is 6.54 Å². The van der Waals surface area contributed by atoms with Crippen LogP contribution >= 0.6 is 0 Å². The van der Waals surface area contributed by atoms with Crippen molar-refractivity contribution in [1.82, 2.24) is 0 Å². The van der Waals surface area contributed by atoms with Gasteiger partial charge in [0.05, 0.1) is 6.54 Å². The molecule has 0 aromatic heterocycles. The fourth-order valence-corrected chi connectivity index (χ4v) is 2.20. The van der Waals surface area contributed by atoms with Gasteiger partial charge in [0.25, 0.3) is 0 Å². The third kappa shape index (κ3) is 3.77. The Hall–Kier alpha value is -0.400. The summed E-state index contributed by atoms with van der Waals surface area (Å²) >= 11 is 0. The van der Waals surface area contributed by atoms with Crippen molar-refractivity contribution in [2.75, 3.05) is 6.54 Å². The SMILES string of the molecule is CCC(CC)[C@@H](C)C(C)(C)CCN=O. The van der Waals surface area contributed by atoms with Gasteiger partial charge in [0.15, 0.2) is 0 Å². The van der Waals surface area contributed by atoms with Gasteiger partial charge in [-0.25, -0.2) is 0 Å². The first-order valence-electron chi connectivity index (χ1n) is 5.78. The Kier molecular flexibility index (Phi) is 5.98. The first-order chi connectivity index (χ1) is 6.49. The van der Waals surface area contributed by atoms with E-state index in [0.717, 1.165) is 12.3 Å². The maximum atomic E-state index is 10.1. The van der Waals surface area contributed by atoms with Crippen LogP contribution in [0.4, 0.5) is 0 Å². The largest absolute Gasteiger partial charge is 0.151 e. The molecule has 0 rings (SSSR count). The Morgan fingerprint density at radius 3 is 2.07 bits per heavy atom. The molecule has 0 unspecified atom stereocenters. The van der Waals surface area contributed by atoms with E-state index in [1.807, 2.05) is 0 Å². The summed E-state index contributed by atoms with van der Waals surface area (Å²) in [5.74, 6) is 1.44. The summed E-state index contributed by atoms with van der Waals surface area (Å²) in [5, 5.41) is 2.96. The Bertz CT molecular complexity index is 162. The van der Waals surface area contributed by atoms with Crippen molar-refractivity contribution in [3.63, 3.8) is 0 Å². The first-order valence-corrected chi connectivity index (χ1v) is 5.78. The topological polar surface area (TPSA) is 29.4 Å². The molecule has 0 bridgehead atoms. The Morgan fingerprint density at radius 1 is 1.21 bits per heavy atom. The minimum absolute atomic E-state index is 0.241. The highest BCUT2D eigenvalue weighted by Crippen LogP contribution is 2.38. The Labute approximate surface area is 88.4 Å². The normalized spacial score (nSPS) is 14.4. The van der Waals surface area contributed by atoms with Gasteiger partial charge in [-0.3, -0.25) is 0 Å². The smallest absolute Gasteiger partial charge is 0.0816 e. The number of rotatable bonds is 7. The maximum absolute atomic E-state index is 10.1. The molecule has 2 heteroatoms. The van der Waals surface area contributed by atoms with E-state index in [1.165, 1.54) is 12.8 Å². The van der Waals surface area contributed by atoms with Gasteiger partial charge in [-0.1, -0.05) is 52.6 Å². The predicted octanol–water partition coefficient (Wildman–Crippen LogP) is 4.24. The summed E-state index contributed by atoms with van der Waals surface area (Å²) in [7, 11) is 0. The second kappa shape index (κ2) is 6.15. The van der Waals surface area contributed by atoms with Crippen LogP contribution in [0.1, 0.15) is 53.9 Å². The lowest BCUT2D eigenvalue weighted by Crippen LogP contribution is -2.28. The quantitative estimate of drug-likeness (QED) is 0.564. The fraction of sp³-hybridized carbons (Fsp3) is 1.00. The zero-order valence-electron chi connectivity index (χ0n) is 10.3. The van der Waals surface area contributed by atoms with Gasteiger partial charge in [-0.05, 0) is 23.7 Å². The maximum Gasteiger partial charge on any atom is 0.0816 e. The highest BCUT2D eigenvalue weighted by molar-refractivity contribution is 4.80. The molecule has 0 saturated heterocycles. The van der Waals surface area contributed by atoms with Crippen molar-refractivity contribution >= 4 is 0 Å². The van der Waals surface area contributed by atoms with Crippen LogP contribution < -0.4 is 0 Å². The van der Waals surface area contributed by atoms with Crippen LogP contribution in [0, 0.1) is 22.2 Å². The van der Waals surface area contributed by atoms with Crippen LogP contribution in [0.2, 0.25) is 0 Å². The van der Waals surface area contributed by atoms with E-state index in [9.17, 15) is 4.91 Å². The molecule has 0 saturated carbocycles. The van der Waals surface area contributed by atoms with Crippen molar-refractivity contribution in [3.8, 4) is 0 Å². The molecular weight excluding hydrogens is 174 g/mol. The van der Waals surface area contributed by atoms with Gasteiger partial charge >= 0.3 is 0 Å². The number of nitroso groups, excluding NO2 is 1. The summed E-state index contributed by atoms with van der Waals surface area (Å²) in [4.78, 5) is 10.1. The van der Waals surface area contributed by atoms with Crippen LogP contribution in [0.3, 0.4) is 0 Å². The molecule has 0 spiro atoms. The van der Waals surface area contributed by atoms with E-state index in [0.29, 0.717) is 12.5 Å². The van der Waals surface area contributed by atoms with Crippen LogP contribution in [0.5, 0.6) is 0 Å². The number of hydrogen-bond acceptors (Lipinski definition) is 2. The number of hydrogen-bond donors (Lipinski definition) is 0. The second-order valence-electron chi connectivity index (χ2n) is 4.96. The van der Waals surface area contributed by atoms with E-state index in [4.69, 9.17) is 0 Å². The van der Waals surface area contributed by atoms with E-state index in [1.54, 1.807) is 0 Å². The van der Waals surface area contributed by atoms with Crippen molar-refractivity contribution in [2.24, 2.45) is 22.4 Å². The van der Waals surface area contributed by atoms with Gasteiger partial charge in [-0.2, -0.15) is 4.91 Å². The summed E-state index contributed by atoms with van der Waals surface area (Å²) in [5.41, 5.74) is 0.241. The molecule has 0 fully saturated rings. The molecule has 14 heavy (non-hydrogen) atoms. The third-order valence-corrected chi connectivity index (χ3v) is 3.84. The molecule has 0 heterocycles. The molecule has 0 aliphatic carbocycles. The first kappa shape index (κ1) is 13.6. The lowest BCUT2D eigenvalue weighted by molar-refractivity contribution is 0.139. The van der Waals surface area contributed by atoms with Crippen molar-refractivity contribution < 1.29 is 0 Å². The van der Waals surface area contributed by atoms with Crippen molar-refractivity contribution in [3.05, 3.63) is 4.91 Å². The van der Waals surface area contributed by atoms with Crippen LogP contribution in [0.25, 0.3) is 0 Å². The molecule has 2 nitrogen and oxygen atoms in total. The molecule has 84 valence electrons. The molecule has 0 aliphatic heterocycles. The molecule has 0 N–H and O–H groups in total. The summed E-state index contributed by atoms with van der Waals surface area (Å²) in [6.45, 7) is 11.8. The average Bonchev–Trinajstić information content (AvgIpc) is 2.16. The molecule has 0 aromatic rings. The average molecular weight is 199 g/mol. The minimum Gasteiger partial charge on any atom is -0.151 e. The standard InChI is InChI=1S/C12H25NO/c1-6-11(7-2)10(3)12(4,5)8-9-13-14/h10-11H,6-9H2,1-5H3/t10-/m1/s1. The lowest BCUT2D eigenvalue weighted by Gasteiger charge is -2.36. The zero-order chi connectivity index (χ0) is 11.2. The molecular formula is C12H25NO. The minimum atomic E-state index is 0.241. The fourth-order valence-electron chi connectivity index (χ4n) is 2.20. The van der Waals surface area contributed by atoms with E-state index in [-0.39, 0.29) is 5.41 Å². The molecule has 0 radical (unpaired) electrons. The van der Waals surface area contributed by atoms with E-state index >= 15 is 0 Å². The zero-order valence-corrected chi connectivity index (χ0v) is 10.3.